The van der Waals surface area contributed by atoms with Gasteiger partial charge in [0, 0.05) is 51.6 Å². The van der Waals surface area contributed by atoms with Gasteiger partial charge in [-0.25, -0.2) is 4.79 Å². The summed E-state index contributed by atoms with van der Waals surface area (Å²) >= 11 is 0. The van der Waals surface area contributed by atoms with Crippen LogP contribution >= 0.6 is 0 Å². The van der Waals surface area contributed by atoms with Crippen molar-refractivity contribution in [2.45, 2.75) is 70.9 Å². The minimum absolute atomic E-state index is 0.100. The van der Waals surface area contributed by atoms with Crippen LogP contribution in [-0.4, -0.2) is 65.9 Å². The SMILES string of the molecule is CCCCC(=O)N1CCC(NC(=O)NC2CCN(C(C)=O)CC2)CC1. The van der Waals surface area contributed by atoms with Crippen molar-refractivity contribution in [3.63, 3.8) is 0 Å². The molecule has 7 heteroatoms. The molecular formula is C18H32N4O3. The zero-order valence-corrected chi connectivity index (χ0v) is 15.6. The van der Waals surface area contributed by atoms with E-state index >= 15 is 0 Å². The summed E-state index contributed by atoms with van der Waals surface area (Å²) in [6, 6.07) is 0.135. The Balaban J connectivity index is 1.64. The molecule has 0 bridgehead atoms. The average molecular weight is 352 g/mol. The Morgan fingerprint density at radius 3 is 1.80 bits per heavy atom. The van der Waals surface area contributed by atoms with Crippen LogP contribution in [0.5, 0.6) is 0 Å². The first kappa shape index (κ1) is 19.5. The summed E-state index contributed by atoms with van der Waals surface area (Å²) in [5.74, 6) is 0.338. The fourth-order valence-electron chi connectivity index (χ4n) is 3.51. The molecule has 0 unspecified atom stereocenters. The molecule has 7 nitrogen and oxygen atoms in total. The first-order valence-electron chi connectivity index (χ1n) is 9.60. The number of nitrogens with zero attached hydrogens (tertiary/aromatic N) is 2. The lowest BCUT2D eigenvalue weighted by atomic mass is 10.0. The van der Waals surface area contributed by atoms with E-state index in [1.54, 1.807) is 6.92 Å². The van der Waals surface area contributed by atoms with Crippen molar-refractivity contribution in [2.75, 3.05) is 26.2 Å². The molecule has 2 heterocycles. The molecule has 2 fully saturated rings. The maximum atomic E-state index is 12.2. The minimum atomic E-state index is -0.128. The third-order valence-corrected chi connectivity index (χ3v) is 5.20. The third kappa shape index (κ3) is 6.21. The number of nitrogens with one attached hydrogen (secondary N) is 2. The van der Waals surface area contributed by atoms with Gasteiger partial charge in [-0.3, -0.25) is 9.59 Å². The standard InChI is InChI=1S/C18H32N4O3/c1-3-4-5-17(24)22-12-8-16(9-13-22)20-18(25)19-15-6-10-21(11-7-15)14(2)23/h15-16H,3-13H2,1-2H3,(H2,19,20,25). The highest BCUT2D eigenvalue weighted by molar-refractivity contribution is 5.77. The topological polar surface area (TPSA) is 81.8 Å². The molecule has 2 aliphatic rings. The molecule has 0 aromatic heterocycles. The predicted octanol–water partition coefficient (Wildman–Crippen LogP) is 1.48. The van der Waals surface area contributed by atoms with Gasteiger partial charge in [-0.15, -0.1) is 0 Å². The van der Waals surface area contributed by atoms with Crippen LogP contribution in [0.15, 0.2) is 0 Å². The summed E-state index contributed by atoms with van der Waals surface area (Å²) in [5.41, 5.74) is 0. The average Bonchev–Trinajstić information content (AvgIpc) is 2.60. The first-order valence-corrected chi connectivity index (χ1v) is 9.60. The summed E-state index contributed by atoms with van der Waals surface area (Å²) in [7, 11) is 0. The molecule has 0 aromatic carbocycles. The van der Waals surface area contributed by atoms with E-state index in [2.05, 4.69) is 17.6 Å². The Bertz CT molecular complexity index is 467. The third-order valence-electron chi connectivity index (χ3n) is 5.20. The zero-order valence-electron chi connectivity index (χ0n) is 15.6. The Kier molecular flexibility index (Phi) is 7.52. The van der Waals surface area contributed by atoms with Crippen molar-refractivity contribution in [3.8, 4) is 0 Å². The fourth-order valence-corrected chi connectivity index (χ4v) is 3.51. The maximum absolute atomic E-state index is 12.2. The van der Waals surface area contributed by atoms with Crippen molar-refractivity contribution in [2.24, 2.45) is 0 Å². The molecular weight excluding hydrogens is 320 g/mol. The second kappa shape index (κ2) is 9.63. The number of carbonyl (C=O) groups excluding carboxylic acids is 3. The van der Waals surface area contributed by atoms with Crippen LogP contribution < -0.4 is 10.6 Å². The van der Waals surface area contributed by atoms with Crippen molar-refractivity contribution in [1.29, 1.82) is 0 Å². The molecule has 2 N–H and O–H groups in total. The highest BCUT2D eigenvalue weighted by Crippen LogP contribution is 2.13. The summed E-state index contributed by atoms with van der Waals surface area (Å²) < 4.78 is 0. The van der Waals surface area contributed by atoms with Gasteiger partial charge in [0.2, 0.25) is 11.8 Å². The van der Waals surface area contributed by atoms with Crippen LogP contribution in [0.1, 0.15) is 58.8 Å². The number of rotatable bonds is 5. The molecule has 4 amide bonds. The van der Waals surface area contributed by atoms with Gasteiger partial charge in [-0.2, -0.15) is 0 Å². The monoisotopic (exact) mass is 352 g/mol. The van der Waals surface area contributed by atoms with E-state index in [4.69, 9.17) is 0 Å². The van der Waals surface area contributed by atoms with Gasteiger partial charge in [0.15, 0.2) is 0 Å². The van der Waals surface area contributed by atoms with Crippen molar-refractivity contribution >= 4 is 17.8 Å². The molecule has 25 heavy (non-hydrogen) atoms. The van der Waals surface area contributed by atoms with E-state index in [0.29, 0.717) is 19.5 Å². The summed E-state index contributed by atoms with van der Waals surface area (Å²) in [6.45, 7) is 6.54. The Labute approximate surface area is 150 Å². The normalized spacial score (nSPS) is 19.6. The molecule has 0 spiro atoms. The highest BCUT2D eigenvalue weighted by atomic mass is 16.2. The van der Waals surface area contributed by atoms with Gasteiger partial charge >= 0.3 is 6.03 Å². The van der Waals surface area contributed by atoms with E-state index in [0.717, 1.165) is 51.6 Å². The molecule has 2 rings (SSSR count). The Morgan fingerprint density at radius 1 is 0.880 bits per heavy atom. The van der Waals surface area contributed by atoms with Crippen molar-refractivity contribution in [3.05, 3.63) is 0 Å². The summed E-state index contributed by atoms with van der Waals surface area (Å²) in [4.78, 5) is 39.3. The minimum Gasteiger partial charge on any atom is -0.343 e. The van der Waals surface area contributed by atoms with Gasteiger partial charge in [-0.05, 0) is 32.1 Å². The number of amides is 4. The molecule has 142 valence electrons. The lowest BCUT2D eigenvalue weighted by Crippen LogP contribution is -2.53. The molecule has 2 aliphatic heterocycles. The number of hydrogen-bond donors (Lipinski definition) is 2. The quantitative estimate of drug-likeness (QED) is 0.786. The van der Waals surface area contributed by atoms with Crippen molar-refractivity contribution in [1.82, 2.24) is 20.4 Å². The van der Waals surface area contributed by atoms with Gasteiger partial charge in [0.05, 0.1) is 0 Å². The first-order chi connectivity index (χ1) is 12.0. The van der Waals surface area contributed by atoms with Gasteiger partial charge in [-0.1, -0.05) is 13.3 Å². The molecule has 0 atom stereocenters. The van der Waals surface area contributed by atoms with Crippen LogP contribution in [-0.2, 0) is 9.59 Å². The summed E-state index contributed by atoms with van der Waals surface area (Å²) in [6.07, 6.45) is 5.85. The predicted molar refractivity (Wildman–Crippen MR) is 96.1 cm³/mol. The molecule has 2 saturated heterocycles. The zero-order chi connectivity index (χ0) is 18.2. The van der Waals surface area contributed by atoms with E-state index in [9.17, 15) is 14.4 Å². The number of unbranched alkanes of at least 4 members (excludes halogenated alkanes) is 1. The van der Waals surface area contributed by atoms with Gasteiger partial charge in [0.25, 0.3) is 0 Å². The number of likely N-dealkylation sites (tertiary alicyclic amines) is 2. The Hall–Kier alpha value is -1.79. The lowest BCUT2D eigenvalue weighted by Gasteiger charge is -2.34. The number of hydrogen-bond acceptors (Lipinski definition) is 3. The van der Waals surface area contributed by atoms with E-state index in [-0.39, 0.29) is 29.9 Å². The second-order valence-corrected chi connectivity index (χ2v) is 7.16. The lowest BCUT2D eigenvalue weighted by molar-refractivity contribution is -0.132. The molecule has 0 aromatic rings. The second-order valence-electron chi connectivity index (χ2n) is 7.16. The number of piperidine rings is 2. The number of carbonyl (C=O) groups is 3. The van der Waals surface area contributed by atoms with Crippen molar-refractivity contribution < 1.29 is 14.4 Å². The van der Waals surface area contributed by atoms with Crippen LogP contribution in [0, 0.1) is 0 Å². The van der Waals surface area contributed by atoms with Gasteiger partial charge in [0.1, 0.15) is 0 Å². The van der Waals surface area contributed by atoms with Crippen LogP contribution in [0.3, 0.4) is 0 Å². The van der Waals surface area contributed by atoms with Crippen LogP contribution in [0.2, 0.25) is 0 Å². The van der Waals surface area contributed by atoms with Gasteiger partial charge < -0.3 is 20.4 Å². The van der Waals surface area contributed by atoms with E-state index in [1.165, 1.54) is 0 Å². The highest BCUT2D eigenvalue weighted by Gasteiger charge is 2.25. The molecule has 0 aliphatic carbocycles. The van der Waals surface area contributed by atoms with Crippen LogP contribution in [0.25, 0.3) is 0 Å². The maximum Gasteiger partial charge on any atom is 0.315 e. The summed E-state index contributed by atoms with van der Waals surface area (Å²) in [5, 5.41) is 6.05. The van der Waals surface area contributed by atoms with E-state index < -0.39 is 0 Å². The smallest absolute Gasteiger partial charge is 0.315 e. The Morgan fingerprint density at radius 2 is 1.36 bits per heavy atom. The largest absolute Gasteiger partial charge is 0.343 e. The van der Waals surface area contributed by atoms with E-state index in [1.807, 2.05) is 9.80 Å². The molecule has 0 saturated carbocycles. The fraction of sp³-hybridized carbons (Fsp3) is 0.833. The molecule has 0 radical (unpaired) electrons. The number of urea groups is 1. The van der Waals surface area contributed by atoms with Crippen LogP contribution in [0.4, 0.5) is 4.79 Å².